The van der Waals surface area contributed by atoms with Gasteiger partial charge in [-0.05, 0) is 31.2 Å². The van der Waals surface area contributed by atoms with Gasteiger partial charge in [-0.2, -0.15) is 11.8 Å². The van der Waals surface area contributed by atoms with Gasteiger partial charge in [0.1, 0.15) is 5.69 Å². The van der Waals surface area contributed by atoms with E-state index in [1.165, 1.54) is 31.7 Å². The van der Waals surface area contributed by atoms with E-state index in [2.05, 4.69) is 27.5 Å². The quantitative estimate of drug-likeness (QED) is 0.633. The van der Waals surface area contributed by atoms with Gasteiger partial charge in [0.2, 0.25) is 0 Å². The zero-order valence-corrected chi connectivity index (χ0v) is 13.2. The highest BCUT2D eigenvalue weighted by Crippen LogP contribution is 2.41. The molecular formula is C13H17BrN2O2S. The highest BCUT2D eigenvalue weighted by atomic mass is 79.9. The topological polar surface area (TPSA) is 55.2 Å². The molecule has 1 aliphatic carbocycles. The fourth-order valence-corrected chi connectivity index (χ4v) is 3.81. The second kappa shape index (κ2) is 6.13. The van der Waals surface area contributed by atoms with Crippen molar-refractivity contribution in [2.75, 3.05) is 18.1 Å². The third-order valence-corrected chi connectivity index (χ3v) is 5.62. The van der Waals surface area contributed by atoms with Crippen molar-refractivity contribution in [2.24, 2.45) is 0 Å². The normalized spacial score (nSPS) is 17.4. The summed E-state index contributed by atoms with van der Waals surface area (Å²) in [7, 11) is 0. The number of benzene rings is 1. The molecule has 0 spiro atoms. The molecule has 0 amide bonds. The van der Waals surface area contributed by atoms with E-state index in [1.807, 2.05) is 11.8 Å². The number of nitrogens with one attached hydrogen (secondary N) is 1. The molecule has 0 unspecified atom stereocenters. The van der Waals surface area contributed by atoms with Crippen LogP contribution in [-0.2, 0) is 0 Å². The highest BCUT2D eigenvalue weighted by Gasteiger charge is 2.33. The van der Waals surface area contributed by atoms with E-state index >= 15 is 0 Å². The first-order valence-electron chi connectivity index (χ1n) is 6.29. The van der Waals surface area contributed by atoms with Crippen LogP contribution in [0.25, 0.3) is 0 Å². The van der Waals surface area contributed by atoms with E-state index in [0.29, 0.717) is 5.69 Å². The minimum absolute atomic E-state index is 0.137. The van der Waals surface area contributed by atoms with Crippen LogP contribution < -0.4 is 5.32 Å². The molecule has 1 fully saturated rings. The SMILES string of the molecule is CSC1(CNc2cc(Br)ccc2[N+](=O)[O-])CCCC1. The van der Waals surface area contributed by atoms with Gasteiger partial charge in [0.25, 0.3) is 5.69 Å². The van der Waals surface area contributed by atoms with Gasteiger partial charge in [0, 0.05) is 21.8 Å². The molecule has 1 aromatic carbocycles. The first-order valence-corrected chi connectivity index (χ1v) is 8.31. The molecule has 0 radical (unpaired) electrons. The predicted molar refractivity (Wildman–Crippen MR) is 84.0 cm³/mol. The van der Waals surface area contributed by atoms with Gasteiger partial charge >= 0.3 is 0 Å². The molecule has 104 valence electrons. The van der Waals surface area contributed by atoms with Crippen molar-refractivity contribution >= 4 is 39.1 Å². The molecule has 1 saturated carbocycles. The Labute approximate surface area is 125 Å². The average molecular weight is 345 g/mol. The molecule has 0 saturated heterocycles. The van der Waals surface area contributed by atoms with Crippen molar-refractivity contribution in [1.29, 1.82) is 0 Å². The summed E-state index contributed by atoms with van der Waals surface area (Å²) in [4.78, 5) is 10.7. The summed E-state index contributed by atoms with van der Waals surface area (Å²) in [6.45, 7) is 0.783. The standard InChI is InChI=1S/C13H17BrN2O2S/c1-19-13(6-2-3-7-13)9-15-11-8-10(14)4-5-12(11)16(17)18/h4-5,8,15H,2-3,6-7,9H2,1H3. The van der Waals surface area contributed by atoms with Crippen LogP contribution in [0.1, 0.15) is 25.7 Å². The maximum Gasteiger partial charge on any atom is 0.292 e. The zero-order chi connectivity index (χ0) is 13.9. The van der Waals surface area contributed by atoms with Crippen molar-refractivity contribution in [3.05, 3.63) is 32.8 Å². The van der Waals surface area contributed by atoms with Crippen molar-refractivity contribution in [2.45, 2.75) is 30.4 Å². The summed E-state index contributed by atoms with van der Waals surface area (Å²) in [6, 6.07) is 5.01. The Hall–Kier alpha value is -0.750. The lowest BCUT2D eigenvalue weighted by Crippen LogP contribution is -2.30. The average Bonchev–Trinajstić information content (AvgIpc) is 2.85. The van der Waals surface area contributed by atoms with Crippen LogP contribution in [0.4, 0.5) is 11.4 Å². The van der Waals surface area contributed by atoms with Crippen molar-refractivity contribution < 1.29 is 4.92 Å². The van der Waals surface area contributed by atoms with Crippen LogP contribution in [-0.4, -0.2) is 22.5 Å². The van der Waals surface area contributed by atoms with E-state index in [1.54, 1.807) is 12.1 Å². The molecule has 1 aliphatic rings. The fraction of sp³-hybridized carbons (Fsp3) is 0.538. The van der Waals surface area contributed by atoms with Crippen LogP contribution in [0.3, 0.4) is 0 Å². The van der Waals surface area contributed by atoms with Crippen LogP contribution in [0, 0.1) is 10.1 Å². The van der Waals surface area contributed by atoms with E-state index < -0.39 is 0 Å². The summed E-state index contributed by atoms with van der Waals surface area (Å²) in [5.41, 5.74) is 0.733. The lowest BCUT2D eigenvalue weighted by atomic mass is 10.1. The molecule has 4 nitrogen and oxygen atoms in total. The summed E-state index contributed by atoms with van der Waals surface area (Å²) in [6.07, 6.45) is 7.00. The van der Waals surface area contributed by atoms with Crippen LogP contribution in [0.5, 0.6) is 0 Å². The molecule has 0 atom stereocenters. The largest absolute Gasteiger partial charge is 0.378 e. The third-order valence-electron chi connectivity index (χ3n) is 3.70. The second-order valence-electron chi connectivity index (χ2n) is 4.87. The minimum Gasteiger partial charge on any atom is -0.378 e. The Bertz CT molecular complexity index is 476. The minimum atomic E-state index is -0.338. The van der Waals surface area contributed by atoms with Gasteiger partial charge < -0.3 is 5.32 Å². The van der Waals surface area contributed by atoms with E-state index in [9.17, 15) is 10.1 Å². The summed E-state index contributed by atoms with van der Waals surface area (Å²) in [5, 5.41) is 14.3. The molecule has 0 heterocycles. The number of nitrogens with zero attached hydrogens (tertiary/aromatic N) is 1. The number of thioether (sulfide) groups is 1. The van der Waals surface area contributed by atoms with Gasteiger partial charge in [0.15, 0.2) is 0 Å². The van der Waals surface area contributed by atoms with Gasteiger partial charge in [-0.3, -0.25) is 10.1 Å². The first kappa shape index (κ1) is 14.7. The number of nitro benzene ring substituents is 1. The Kier molecular flexibility index (Phi) is 4.73. The predicted octanol–water partition coefficient (Wildman–Crippen LogP) is 4.45. The zero-order valence-electron chi connectivity index (χ0n) is 10.8. The molecule has 0 aliphatic heterocycles. The molecule has 1 aromatic rings. The van der Waals surface area contributed by atoms with Crippen LogP contribution in [0.2, 0.25) is 0 Å². The van der Waals surface area contributed by atoms with E-state index in [-0.39, 0.29) is 15.4 Å². The Balaban J connectivity index is 2.14. The number of anilines is 1. The molecule has 19 heavy (non-hydrogen) atoms. The molecule has 0 bridgehead atoms. The van der Waals surface area contributed by atoms with E-state index in [0.717, 1.165) is 11.0 Å². The van der Waals surface area contributed by atoms with Gasteiger partial charge in [-0.15, -0.1) is 0 Å². The number of halogens is 1. The van der Waals surface area contributed by atoms with Crippen LogP contribution >= 0.6 is 27.7 Å². The van der Waals surface area contributed by atoms with Gasteiger partial charge in [0.05, 0.1) is 4.92 Å². The molecular weight excluding hydrogens is 328 g/mol. The summed E-state index contributed by atoms with van der Waals surface area (Å²) in [5.74, 6) is 0. The smallest absolute Gasteiger partial charge is 0.292 e. The lowest BCUT2D eigenvalue weighted by molar-refractivity contribution is -0.384. The Morgan fingerprint density at radius 2 is 2.16 bits per heavy atom. The first-order chi connectivity index (χ1) is 9.06. The number of hydrogen-bond acceptors (Lipinski definition) is 4. The Morgan fingerprint density at radius 1 is 1.47 bits per heavy atom. The van der Waals surface area contributed by atoms with Gasteiger partial charge in [-0.1, -0.05) is 28.8 Å². The van der Waals surface area contributed by atoms with Crippen molar-refractivity contribution in [1.82, 2.24) is 0 Å². The number of nitro groups is 1. The Morgan fingerprint density at radius 3 is 2.74 bits per heavy atom. The summed E-state index contributed by atoms with van der Waals surface area (Å²) < 4.78 is 1.08. The molecule has 0 aromatic heterocycles. The fourth-order valence-electron chi connectivity index (χ4n) is 2.54. The maximum absolute atomic E-state index is 11.0. The number of hydrogen-bond donors (Lipinski definition) is 1. The molecule has 1 N–H and O–H groups in total. The number of rotatable bonds is 5. The van der Waals surface area contributed by atoms with Crippen molar-refractivity contribution in [3.8, 4) is 0 Å². The van der Waals surface area contributed by atoms with Crippen molar-refractivity contribution in [3.63, 3.8) is 0 Å². The molecule has 6 heteroatoms. The third kappa shape index (κ3) is 3.42. The second-order valence-corrected chi connectivity index (χ2v) is 7.06. The van der Waals surface area contributed by atoms with E-state index in [4.69, 9.17) is 0 Å². The summed E-state index contributed by atoms with van der Waals surface area (Å²) >= 11 is 5.24. The monoisotopic (exact) mass is 344 g/mol. The lowest BCUT2D eigenvalue weighted by Gasteiger charge is -2.27. The molecule has 2 rings (SSSR count). The highest BCUT2D eigenvalue weighted by molar-refractivity contribution is 9.10. The maximum atomic E-state index is 11.0. The van der Waals surface area contributed by atoms with Crippen LogP contribution in [0.15, 0.2) is 22.7 Å². The van der Waals surface area contributed by atoms with Gasteiger partial charge in [-0.25, -0.2) is 0 Å².